The van der Waals surface area contributed by atoms with Gasteiger partial charge in [-0.1, -0.05) is 15.9 Å². The van der Waals surface area contributed by atoms with Crippen molar-refractivity contribution in [2.75, 3.05) is 17.7 Å². The van der Waals surface area contributed by atoms with Gasteiger partial charge in [-0.2, -0.15) is 4.98 Å². The normalized spacial score (nSPS) is 10.4. The summed E-state index contributed by atoms with van der Waals surface area (Å²) in [5.41, 5.74) is 4.44. The van der Waals surface area contributed by atoms with Crippen LogP contribution >= 0.6 is 15.9 Å². The summed E-state index contributed by atoms with van der Waals surface area (Å²) < 4.78 is 1.15. The highest BCUT2D eigenvalue weighted by Crippen LogP contribution is 2.27. The number of nitrogens with zero attached hydrogens (tertiary/aromatic N) is 2. The van der Waals surface area contributed by atoms with Crippen molar-refractivity contribution in [2.24, 2.45) is 0 Å². The highest BCUT2D eigenvalue weighted by molar-refractivity contribution is 9.10. The van der Waals surface area contributed by atoms with E-state index in [2.05, 4.69) is 62.5 Å². The van der Waals surface area contributed by atoms with E-state index in [1.54, 1.807) is 6.20 Å². The summed E-state index contributed by atoms with van der Waals surface area (Å²) in [5.74, 6) is 1.43. The molecule has 0 saturated carbocycles. The molecule has 1 heterocycles. The predicted molar refractivity (Wildman–Crippen MR) is 83.2 cm³/mol. The van der Waals surface area contributed by atoms with E-state index in [0.29, 0.717) is 5.95 Å². The van der Waals surface area contributed by atoms with Crippen LogP contribution in [0.15, 0.2) is 22.8 Å². The monoisotopic (exact) mass is 320 g/mol. The molecule has 0 aliphatic rings. The van der Waals surface area contributed by atoms with Crippen molar-refractivity contribution in [1.29, 1.82) is 0 Å². The van der Waals surface area contributed by atoms with Crippen molar-refractivity contribution in [3.8, 4) is 0 Å². The van der Waals surface area contributed by atoms with Crippen LogP contribution in [-0.2, 0) is 0 Å². The van der Waals surface area contributed by atoms with Crippen LogP contribution in [0.1, 0.15) is 16.7 Å². The van der Waals surface area contributed by atoms with E-state index < -0.39 is 0 Å². The molecular formula is C14H17BrN4. The standard InChI is InChI=1S/C14H17BrN4/c1-8-5-11(6-9(2)12(8)15)18-13-10(3)7-17-14(16-4)19-13/h5-7H,1-4H3,(H2,16,17,18,19). The summed E-state index contributed by atoms with van der Waals surface area (Å²) >= 11 is 3.57. The first-order valence-electron chi connectivity index (χ1n) is 6.06. The molecule has 2 aromatic rings. The molecule has 0 bridgehead atoms. The van der Waals surface area contributed by atoms with E-state index in [1.165, 1.54) is 11.1 Å². The van der Waals surface area contributed by atoms with Gasteiger partial charge in [-0.15, -0.1) is 0 Å². The molecule has 0 amide bonds. The Kier molecular flexibility index (Phi) is 4.04. The number of rotatable bonds is 3. The Bertz CT molecular complexity index is 587. The molecule has 4 nitrogen and oxygen atoms in total. The largest absolute Gasteiger partial charge is 0.357 e. The van der Waals surface area contributed by atoms with E-state index in [-0.39, 0.29) is 0 Å². The summed E-state index contributed by atoms with van der Waals surface area (Å²) in [6.07, 6.45) is 1.81. The van der Waals surface area contributed by atoms with Crippen LogP contribution < -0.4 is 10.6 Å². The summed E-state index contributed by atoms with van der Waals surface area (Å²) in [6.45, 7) is 6.14. The van der Waals surface area contributed by atoms with Gasteiger partial charge >= 0.3 is 0 Å². The topological polar surface area (TPSA) is 49.8 Å². The van der Waals surface area contributed by atoms with Gasteiger partial charge in [-0.05, 0) is 44.0 Å². The zero-order valence-corrected chi connectivity index (χ0v) is 13.1. The molecule has 5 heteroatoms. The fraction of sp³-hybridized carbons (Fsp3) is 0.286. The molecule has 0 atom stereocenters. The molecule has 1 aromatic heterocycles. The van der Waals surface area contributed by atoms with Gasteiger partial charge in [0.1, 0.15) is 5.82 Å². The van der Waals surface area contributed by atoms with Crippen LogP contribution in [0.2, 0.25) is 0 Å². The Morgan fingerprint density at radius 1 is 1.05 bits per heavy atom. The van der Waals surface area contributed by atoms with Crippen molar-refractivity contribution >= 4 is 33.4 Å². The highest BCUT2D eigenvalue weighted by Gasteiger charge is 2.06. The molecule has 1 aromatic carbocycles. The van der Waals surface area contributed by atoms with Crippen molar-refractivity contribution < 1.29 is 0 Å². The number of aromatic nitrogens is 2. The molecule has 2 rings (SSSR count). The van der Waals surface area contributed by atoms with Gasteiger partial charge in [0.2, 0.25) is 5.95 Å². The second-order valence-electron chi connectivity index (χ2n) is 4.52. The van der Waals surface area contributed by atoms with Crippen LogP contribution in [0.5, 0.6) is 0 Å². The molecule has 19 heavy (non-hydrogen) atoms. The minimum atomic E-state index is 0.610. The number of halogens is 1. The van der Waals surface area contributed by atoms with E-state index in [1.807, 2.05) is 14.0 Å². The molecule has 0 spiro atoms. The second-order valence-corrected chi connectivity index (χ2v) is 5.32. The Morgan fingerprint density at radius 3 is 2.26 bits per heavy atom. The first-order valence-corrected chi connectivity index (χ1v) is 6.85. The number of nitrogens with one attached hydrogen (secondary N) is 2. The quantitative estimate of drug-likeness (QED) is 0.899. The van der Waals surface area contributed by atoms with Gasteiger partial charge in [0.05, 0.1) is 0 Å². The molecule has 0 fully saturated rings. The Hall–Kier alpha value is -1.62. The van der Waals surface area contributed by atoms with E-state index in [4.69, 9.17) is 0 Å². The minimum absolute atomic E-state index is 0.610. The van der Waals surface area contributed by atoms with Crippen molar-refractivity contribution in [1.82, 2.24) is 9.97 Å². The first-order chi connectivity index (χ1) is 9.01. The maximum Gasteiger partial charge on any atom is 0.224 e. The number of anilines is 3. The smallest absolute Gasteiger partial charge is 0.224 e. The molecule has 100 valence electrons. The van der Waals surface area contributed by atoms with Crippen LogP contribution in [0, 0.1) is 20.8 Å². The molecule has 0 aliphatic carbocycles. The molecule has 0 radical (unpaired) electrons. The third-order valence-corrected chi connectivity index (χ3v) is 4.15. The lowest BCUT2D eigenvalue weighted by molar-refractivity contribution is 1.12. The molecular weight excluding hydrogens is 304 g/mol. The lowest BCUT2D eigenvalue weighted by Crippen LogP contribution is -2.02. The average Bonchev–Trinajstić information content (AvgIpc) is 2.38. The van der Waals surface area contributed by atoms with E-state index in [9.17, 15) is 0 Å². The third kappa shape index (κ3) is 3.04. The average molecular weight is 321 g/mol. The van der Waals surface area contributed by atoms with Gasteiger partial charge in [0.15, 0.2) is 0 Å². The Labute approximate surface area is 121 Å². The van der Waals surface area contributed by atoms with Gasteiger partial charge in [0.25, 0.3) is 0 Å². The van der Waals surface area contributed by atoms with Crippen LogP contribution in [0.3, 0.4) is 0 Å². The maximum atomic E-state index is 4.42. The number of aryl methyl sites for hydroxylation is 3. The fourth-order valence-electron chi connectivity index (χ4n) is 1.84. The van der Waals surface area contributed by atoms with Gasteiger partial charge in [-0.3, -0.25) is 0 Å². The molecule has 0 aliphatic heterocycles. The fourth-order valence-corrected chi connectivity index (χ4v) is 2.07. The SMILES string of the molecule is CNc1ncc(C)c(Nc2cc(C)c(Br)c(C)c2)n1. The lowest BCUT2D eigenvalue weighted by atomic mass is 10.1. The second kappa shape index (κ2) is 5.57. The Morgan fingerprint density at radius 2 is 1.68 bits per heavy atom. The Balaban J connectivity index is 2.36. The number of benzene rings is 1. The molecule has 0 saturated heterocycles. The van der Waals surface area contributed by atoms with Gasteiger partial charge in [0, 0.05) is 29.0 Å². The summed E-state index contributed by atoms with van der Waals surface area (Å²) in [7, 11) is 1.81. The highest BCUT2D eigenvalue weighted by atomic mass is 79.9. The van der Waals surface area contributed by atoms with Crippen LogP contribution in [-0.4, -0.2) is 17.0 Å². The lowest BCUT2D eigenvalue weighted by Gasteiger charge is -2.12. The zero-order chi connectivity index (χ0) is 14.0. The summed E-state index contributed by atoms with van der Waals surface area (Å²) in [4.78, 5) is 8.60. The van der Waals surface area contributed by atoms with E-state index in [0.717, 1.165) is 21.5 Å². The number of hydrogen-bond donors (Lipinski definition) is 2. The summed E-state index contributed by atoms with van der Waals surface area (Å²) in [6, 6.07) is 4.19. The maximum absolute atomic E-state index is 4.42. The first kappa shape index (κ1) is 13.8. The van der Waals surface area contributed by atoms with Crippen molar-refractivity contribution in [3.05, 3.63) is 39.5 Å². The third-order valence-electron chi connectivity index (χ3n) is 2.89. The minimum Gasteiger partial charge on any atom is -0.357 e. The van der Waals surface area contributed by atoms with Crippen molar-refractivity contribution in [2.45, 2.75) is 20.8 Å². The van der Waals surface area contributed by atoms with Crippen LogP contribution in [0.4, 0.5) is 17.5 Å². The zero-order valence-electron chi connectivity index (χ0n) is 11.5. The van der Waals surface area contributed by atoms with Gasteiger partial charge in [-0.25, -0.2) is 4.98 Å². The molecule has 0 unspecified atom stereocenters. The van der Waals surface area contributed by atoms with Crippen molar-refractivity contribution in [3.63, 3.8) is 0 Å². The van der Waals surface area contributed by atoms with Crippen LogP contribution in [0.25, 0.3) is 0 Å². The molecule has 2 N–H and O–H groups in total. The predicted octanol–water partition coefficient (Wildman–Crippen LogP) is 3.95. The van der Waals surface area contributed by atoms with E-state index >= 15 is 0 Å². The summed E-state index contributed by atoms with van der Waals surface area (Å²) in [5, 5.41) is 6.29. The van der Waals surface area contributed by atoms with Gasteiger partial charge < -0.3 is 10.6 Å². The number of hydrogen-bond acceptors (Lipinski definition) is 4.